The number of hydrogen-bond donors (Lipinski definition) is 1. The van der Waals surface area contributed by atoms with Crippen LogP contribution in [0.4, 0.5) is 0 Å². The maximum atomic E-state index is 11.4. The van der Waals surface area contributed by atoms with Crippen LogP contribution in [-0.2, 0) is 6.61 Å². The van der Waals surface area contributed by atoms with Gasteiger partial charge in [0.05, 0.1) is 5.52 Å². The number of carbonyl (C=O) groups excluding carboxylic acids is 1. The first-order valence-corrected chi connectivity index (χ1v) is 6.60. The van der Waals surface area contributed by atoms with Gasteiger partial charge in [-0.1, -0.05) is 42.5 Å². The highest BCUT2D eigenvalue weighted by Crippen LogP contribution is 2.26. The van der Waals surface area contributed by atoms with Gasteiger partial charge in [0.2, 0.25) is 0 Å². The van der Waals surface area contributed by atoms with Crippen molar-refractivity contribution in [2.24, 2.45) is 5.73 Å². The predicted octanol–water partition coefficient (Wildman–Crippen LogP) is 2.91. The number of rotatable bonds is 4. The maximum absolute atomic E-state index is 11.4. The second-order valence-electron chi connectivity index (χ2n) is 4.66. The summed E-state index contributed by atoms with van der Waals surface area (Å²) in [5, 5.41) is 0.860. The number of benzene rings is 2. The van der Waals surface area contributed by atoms with Crippen LogP contribution in [0.2, 0.25) is 0 Å². The lowest BCUT2D eigenvalue weighted by Gasteiger charge is -2.10. The molecule has 21 heavy (non-hydrogen) atoms. The molecular weight excluding hydrogens is 264 g/mol. The lowest BCUT2D eigenvalue weighted by Crippen LogP contribution is -2.13. The molecule has 0 aliphatic heterocycles. The van der Waals surface area contributed by atoms with Crippen molar-refractivity contribution in [2.45, 2.75) is 6.61 Å². The average molecular weight is 278 g/mol. The van der Waals surface area contributed by atoms with E-state index in [-0.39, 0.29) is 5.69 Å². The number of fused-ring (bicyclic) bond motifs is 1. The Bertz CT molecular complexity index is 785. The number of nitrogens with two attached hydrogens (primary N) is 1. The van der Waals surface area contributed by atoms with Crippen LogP contribution in [0.15, 0.2) is 60.7 Å². The normalized spacial score (nSPS) is 10.5. The van der Waals surface area contributed by atoms with Gasteiger partial charge in [0.15, 0.2) is 0 Å². The number of hydrogen-bond acceptors (Lipinski definition) is 3. The molecule has 0 radical (unpaired) electrons. The zero-order valence-electron chi connectivity index (χ0n) is 11.3. The molecule has 3 aromatic rings. The maximum Gasteiger partial charge on any atom is 0.267 e. The van der Waals surface area contributed by atoms with Crippen molar-refractivity contribution in [1.82, 2.24) is 4.98 Å². The molecule has 2 aromatic carbocycles. The van der Waals surface area contributed by atoms with Crippen LogP contribution in [0.1, 0.15) is 16.1 Å². The van der Waals surface area contributed by atoms with Gasteiger partial charge in [0.25, 0.3) is 5.91 Å². The molecule has 4 nitrogen and oxygen atoms in total. The molecule has 0 bridgehead atoms. The van der Waals surface area contributed by atoms with E-state index in [1.807, 2.05) is 54.6 Å². The van der Waals surface area contributed by atoms with Crippen LogP contribution in [0.25, 0.3) is 10.9 Å². The van der Waals surface area contributed by atoms with E-state index in [2.05, 4.69) is 4.98 Å². The van der Waals surface area contributed by atoms with Gasteiger partial charge in [-0.15, -0.1) is 0 Å². The summed E-state index contributed by atoms with van der Waals surface area (Å²) in [5.74, 6) is 0.0450. The third-order valence-electron chi connectivity index (χ3n) is 3.17. The Morgan fingerprint density at radius 3 is 2.52 bits per heavy atom. The molecule has 1 aromatic heterocycles. The Balaban J connectivity index is 1.98. The van der Waals surface area contributed by atoms with Gasteiger partial charge >= 0.3 is 0 Å². The molecule has 0 saturated carbocycles. The number of primary amides is 1. The average Bonchev–Trinajstić information content (AvgIpc) is 2.53. The van der Waals surface area contributed by atoms with Crippen LogP contribution < -0.4 is 10.5 Å². The number of aromatic nitrogens is 1. The van der Waals surface area contributed by atoms with E-state index in [1.54, 1.807) is 6.07 Å². The molecule has 0 aliphatic carbocycles. The second kappa shape index (κ2) is 5.63. The van der Waals surface area contributed by atoms with E-state index in [1.165, 1.54) is 0 Å². The summed E-state index contributed by atoms with van der Waals surface area (Å²) in [6, 6.07) is 18.9. The number of ether oxygens (including phenoxy) is 1. The van der Waals surface area contributed by atoms with Gasteiger partial charge in [0.1, 0.15) is 18.1 Å². The molecule has 1 amide bonds. The number of amides is 1. The van der Waals surface area contributed by atoms with Crippen LogP contribution in [0, 0.1) is 0 Å². The van der Waals surface area contributed by atoms with E-state index < -0.39 is 5.91 Å². The SMILES string of the molecule is NC(=O)c1cc(OCc2ccccc2)c2ccccc2n1. The third-order valence-corrected chi connectivity index (χ3v) is 3.17. The van der Waals surface area contributed by atoms with Crippen molar-refractivity contribution in [2.75, 3.05) is 0 Å². The highest BCUT2D eigenvalue weighted by atomic mass is 16.5. The third kappa shape index (κ3) is 2.84. The van der Waals surface area contributed by atoms with Crippen molar-refractivity contribution < 1.29 is 9.53 Å². The topological polar surface area (TPSA) is 65.2 Å². The Morgan fingerprint density at radius 2 is 1.76 bits per heavy atom. The largest absolute Gasteiger partial charge is 0.488 e. The van der Waals surface area contributed by atoms with Crippen LogP contribution in [-0.4, -0.2) is 10.9 Å². The standard InChI is InChI=1S/C17H14N2O2/c18-17(20)15-10-16(13-8-4-5-9-14(13)19-15)21-11-12-6-2-1-3-7-12/h1-10H,11H2,(H2,18,20). The minimum atomic E-state index is -0.565. The summed E-state index contributed by atoms with van der Waals surface area (Å²) in [6.45, 7) is 0.424. The Labute approximate surface area is 122 Å². The van der Waals surface area contributed by atoms with Gasteiger partial charge < -0.3 is 10.5 Å². The predicted molar refractivity (Wildman–Crippen MR) is 81.0 cm³/mol. The summed E-state index contributed by atoms with van der Waals surface area (Å²) in [6.07, 6.45) is 0. The van der Waals surface area contributed by atoms with Gasteiger partial charge in [-0.05, 0) is 17.7 Å². The van der Waals surface area contributed by atoms with Crippen LogP contribution in [0.5, 0.6) is 5.75 Å². The molecule has 0 unspecified atom stereocenters. The Morgan fingerprint density at radius 1 is 1.05 bits per heavy atom. The summed E-state index contributed by atoms with van der Waals surface area (Å²) in [4.78, 5) is 15.6. The van der Waals surface area contributed by atoms with E-state index in [4.69, 9.17) is 10.5 Å². The molecular formula is C17H14N2O2. The van der Waals surface area contributed by atoms with Crippen molar-refractivity contribution >= 4 is 16.8 Å². The van der Waals surface area contributed by atoms with Crippen LogP contribution >= 0.6 is 0 Å². The highest BCUT2D eigenvalue weighted by Gasteiger charge is 2.10. The quantitative estimate of drug-likeness (QED) is 0.798. The lowest BCUT2D eigenvalue weighted by molar-refractivity contribution is 0.0995. The number of para-hydroxylation sites is 1. The number of nitrogens with zero attached hydrogens (tertiary/aromatic N) is 1. The van der Waals surface area contributed by atoms with Crippen molar-refractivity contribution in [3.8, 4) is 5.75 Å². The van der Waals surface area contributed by atoms with Crippen molar-refractivity contribution in [3.63, 3.8) is 0 Å². The van der Waals surface area contributed by atoms with Gasteiger partial charge in [-0.2, -0.15) is 0 Å². The number of carbonyl (C=O) groups is 1. The molecule has 104 valence electrons. The van der Waals surface area contributed by atoms with Gasteiger partial charge in [-0.3, -0.25) is 4.79 Å². The smallest absolute Gasteiger partial charge is 0.267 e. The zero-order valence-corrected chi connectivity index (χ0v) is 11.3. The number of pyridine rings is 1. The van der Waals surface area contributed by atoms with E-state index >= 15 is 0 Å². The molecule has 1 heterocycles. The molecule has 4 heteroatoms. The minimum Gasteiger partial charge on any atom is -0.488 e. The Kier molecular flexibility index (Phi) is 3.51. The molecule has 0 aliphatic rings. The molecule has 0 spiro atoms. The van der Waals surface area contributed by atoms with Gasteiger partial charge in [0, 0.05) is 11.5 Å². The molecule has 3 rings (SSSR count). The van der Waals surface area contributed by atoms with Crippen molar-refractivity contribution in [1.29, 1.82) is 0 Å². The second-order valence-corrected chi connectivity index (χ2v) is 4.66. The van der Waals surface area contributed by atoms with E-state index in [0.717, 1.165) is 10.9 Å². The monoisotopic (exact) mass is 278 g/mol. The van der Waals surface area contributed by atoms with Crippen LogP contribution in [0.3, 0.4) is 0 Å². The molecule has 0 saturated heterocycles. The van der Waals surface area contributed by atoms with E-state index in [0.29, 0.717) is 17.9 Å². The van der Waals surface area contributed by atoms with Crippen molar-refractivity contribution in [3.05, 3.63) is 71.9 Å². The highest BCUT2D eigenvalue weighted by molar-refractivity contribution is 5.96. The summed E-state index contributed by atoms with van der Waals surface area (Å²) < 4.78 is 5.85. The first-order chi connectivity index (χ1) is 10.2. The summed E-state index contributed by atoms with van der Waals surface area (Å²) >= 11 is 0. The first kappa shape index (κ1) is 13.1. The summed E-state index contributed by atoms with van der Waals surface area (Å²) in [7, 11) is 0. The lowest BCUT2D eigenvalue weighted by atomic mass is 10.1. The molecule has 0 atom stereocenters. The fourth-order valence-electron chi connectivity index (χ4n) is 2.12. The molecule has 2 N–H and O–H groups in total. The fraction of sp³-hybridized carbons (Fsp3) is 0.0588. The summed E-state index contributed by atoms with van der Waals surface area (Å²) in [5.41, 5.74) is 7.28. The fourth-order valence-corrected chi connectivity index (χ4v) is 2.12. The minimum absolute atomic E-state index is 0.205. The first-order valence-electron chi connectivity index (χ1n) is 6.60. The molecule has 0 fully saturated rings. The van der Waals surface area contributed by atoms with E-state index in [9.17, 15) is 4.79 Å². The Hall–Kier alpha value is -2.88. The zero-order chi connectivity index (χ0) is 14.7. The van der Waals surface area contributed by atoms with Gasteiger partial charge in [-0.25, -0.2) is 4.98 Å².